The zero-order valence-electron chi connectivity index (χ0n) is 14.9. The maximum Gasteiger partial charge on any atom is 0.422 e. The van der Waals surface area contributed by atoms with Crippen molar-refractivity contribution in [2.75, 3.05) is 13.2 Å². The van der Waals surface area contributed by atoms with Gasteiger partial charge in [-0.25, -0.2) is 4.98 Å². The number of rotatable bonds is 6. The molecule has 5 nitrogen and oxygen atoms in total. The van der Waals surface area contributed by atoms with E-state index in [0.29, 0.717) is 6.04 Å². The Morgan fingerprint density at radius 1 is 1.21 bits per heavy atom. The van der Waals surface area contributed by atoms with Crippen LogP contribution >= 0.6 is 0 Å². The number of Topliss-reactive ketones (excluding diaryl/α,β-unsaturated/α-hetero) is 1. The van der Waals surface area contributed by atoms with E-state index in [1.54, 1.807) is 0 Å². The fourth-order valence-electron chi connectivity index (χ4n) is 3.58. The number of nitrogens with zero attached hydrogens (tertiary/aromatic N) is 1. The lowest BCUT2D eigenvalue weighted by Crippen LogP contribution is -2.33. The van der Waals surface area contributed by atoms with Gasteiger partial charge in [0, 0.05) is 19.0 Å². The number of nitrogens with one attached hydrogen (secondary N) is 1. The number of fused-ring (bicyclic) bond motifs is 2. The number of pyridine rings is 1. The van der Waals surface area contributed by atoms with Gasteiger partial charge < -0.3 is 14.8 Å². The predicted molar refractivity (Wildman–Crippen MR) is 94.3 cm³/mol. The molecular weight excluding hydrogens is 373 g/mol. The van der Waals surface area contributed by atoms with Crippen LogP contribution in [0.25, 0.3) is 0 Å². The van der Waals surface area contributed by atoms with Gasteiger partial charge in [0.2, 0.25) is 0 Å². The largest absolute Gasteiger partial charge is 0.483 e. The minimum Gasteiger partial charge on any atom is -0.483 e. The maximum absolute atomic E-state index is 12.4. The number of carbonyl (C=O) groups is 1. The maximum atomic E-state index is 12.4. The number of alkyl halides is 3. The van der Waals surface area contributed by atoms with Crippen molar-refractivity contribution < 1.29 is 27.4 Å². The monoisotopic (exact) mass is 392 g/mol. The molecule has 0 spiro atoms. The van der Waals surface area contributed by atoms with E-state index < -0.39 is 12.8 Å². The summed E-state index contributed by atoms with van der Waals surface area (Å²) in [6.45, 7) is -0.489. The van der Waals surface area contributed by atoms with Crippen LogP contribution in [0.15, 0.2) is 42.6 Å². The molecule has 8 heteroatoms. The third-order valence-electron chi connectivity index (χ3n) is 4.93. The fraction of sp³-hybridized carbons (Fsp3) is 0.400. The second-order valence-corrected chi connectivity index (χ2v) is 7.05. The Balaban J connectivity index is 1.34. The van der Waals surface area contributed by atoms with Crippen LogP contribution in [0.3, 0.4) is 0 Å². The quantitative estimate of drug-likeness (QED) is 0.765. The molecule has 0 saturated carbocycles. The molecule has 3 heterocycles. The lowest BCUT2D eigenvalue weighted by molar-refractivity contribution is -0.153. The van der Waals surface area contributed by atoms with Crippen LogP contribution in [-0.4, -0.2) is 42.2 Å². The lowest BCUT2D eigenvalue weighted by atomic mass is 9.99. The number of benzene rings is 1. The first kappa shape index (κ1) is 18.9. The minimum atomic E-state index is -4.42. The number of hydrogen-bond donors (Lipinski definition) is 1. The van der Waals surface area contributed by atoms with Crippen molar-refractivity contribution >= 4 is 5.78 Å². The number of carbonyl (C=O) groups excluding carboxylic acids is 1. The van der Waals surface area contributed by atoms with Crippen LogP contribution in [0.1, 0.15) is 34.1 Å². The first-order valence-electron chi connectivity index (χ1n) is 9.04. The summed E-state index contributed by atoms with van der Waals surface area (Å²) in [5, 5.41) is 3.43. The second kappa shape index (κ2) is 7.52. The average Bonchev–Trinajstić information content (AvgIpc) is 3.30. The van der Waals surface area contributed by atoms with Crippen molar-refractivity contribution in [1.29, 1.82) is 0 Å². The molecule has 0 aliphatic carbocycles. The Morgan fingerprint density at radius 2 is 2.00 bits per heavy atom. The van der Waals surface area contributed by atoms with E-state index in [4.69, 9.17) is 4.74 Å². The lowest BCUT2D eigenvalue weighted by Gasteiger charge is -2.23. The van der Waals surface area contributed by atoms with E-state index in [0.717, 1.165) is 30.3 Å². The molecule has 1 N–H and O–H groups in total. The normalized spacial score (nSPS) is 23.8. The van der Waals surface area contributed by atoms with Crippen molar-refractivity contribution in [3.05, 3.63) is 59.4 Å². The zero-order chi connectivity index (χ0) is 19.7. The standard InChI is InChI=1S/C20H19F3N2O3/c21-20(22,23)11-27-14-5-6-16(24-9-14)18(26)7-12-1-3-13(4-2-12)19-17-8-15(28-19)10-25-17/h1-6,9,15,17,19,25H,7-8,10-11H2/t15-,17-,19+/m0/s1. The van der Waals surface area contributed by atoms with Crippen molar-refractivity contribution in [3.63, 3.8) is 0 Å². The van der Waals surface area contributed by atoms with Crippen LogP contribution in [0, 0.1) is 0 Å². The molecular formula is C20H19F3N2O3. The zero-order valence-corrected chi connectivity index (χ0v) is 14.9. The molecule has 28 heavy (non-hydrogen) atoms. The van der Waals surface area contributed by atoms with Crippen LogP contribution in [0.5, 0.6) is 5.75 Å². The Hall–Kier alpha value is -2.45. The van der Waals surface area contributed by atoms with E-state index in [1.165, 1.54) is 12.1 Å². The van der Waals surface area contributed by atoms with Crippen LogP contribution in [0.4, 0.5) is 13.2 Å². The third kappa shape index (κ3) is 4.34. The molecule has 2 aromatic rings. The molecule has 1 aromatic heterocycles. The van der Waals surface area contributed by atoms with Gasteiger partial charge in [0.05, 0.1) is 18.4 Å². The van der Waals surface area contributed by atoms with Crippen molar-refractivity contribution in [1.82, 2.24) is 10.3 Å². The first-order chi connectivity index (χ1) is 13.4. The van der Waals surface area contributed by atoms with E-state index in [1.807, 2.05) is 24.3 Å². The predicted octanol–water partition coefficient (Wildman–Crippen LogP) is 3.25. The van der Waals surface area contributed by atoms with Crippen molar-refractivity contribution in [2.24, 2.45) is 0 Å². The van der Waals surface area contributed by atoms with E-state index in [-0.39, 0.29) is 35.9 Å². The molecule has 2 saturated heterocycles. The van der Waals surface area contributed by atoms with E-state index >= 15 is 0 Å². The van der Waals surface area contributed by atoms with Gasteiger partial charge in [-0.2, -0.15) is 13.2 Å². The molecule has 1 aromatic carbocycles. The molecule has 2 bridgehead atoms. The highest BCUT2D eigenvalue weighted by Gasteiger charge is 2.41. The number of halogens is 3. The van der Waals surface area contributed by atoms with Gasteiger partial charge >= 0.3 is 6.18 Å². The second-order valence-electron chi connectivity index (χ2n) is 7.05. The highest BCUT2D eigenvalue weighted by Crippen LogP contribution is 2.36. The average molecular weight is 392 g/mol. The summed E-state index contributed by atoms with van der Waals surface area (Å²) < 4.78 is 47.0. The number of hydrogen-bond acceptors (Lipinski definition) is 5. The Morgan fingerprint density at radius 3 is 2.57 bits per heavy atom. The summed E-state index contributed by atoms with van der Waals surface area (Å²) in [4.78, 5) is 16.3. The van der Waals surface area contributed by atoms with Crippen molar-refractivity contribution in [2.45, 2.75) is 37.3 Å². The van der Waals surface area contributed by atoms with Crippen LogP contribution < -0.4 is 10.1 Å². The molecule has 0 radical (unpaired) electrons. The van der Waals surface area contributed by atoms with Gasteiger partial charge in [0.25, 0.3) is 0 Å². The number of ether oxygens (including phenoxy) is 2. The summed E-state index contributed by atoms with van der Waals surface area (Å²) in [6, 6.07) is 10.8. The fourth-order valence-corrected chi connectivity index (χ4v) is 3.58. The van der Waals surface area contributed by atoms with Gasteiger partial charge in [-0.15, -0.1) is 0 Å². The first-order valence-corrected chi connectivity index (χ1v) is 9.04. The topological polar surface area (TPSA) is 60.5 Å². The summed E-state index contributed by atoms with van der Waals surface area (Å²) in [5.41, 5.74) is 2.10. The Bertz CT molecular complexity index is 837. The highest BCUT2D eigenvalue weighted by molar-refractivity contribution is 5.95. The molecule has 2 aliphatic rings. The molecule has 0 unspecified atom stereocenters. The highest BCUT2D eigenvalue weighted by atomic mass is 19.4. The Kier molecular flexibility index (Phi) is 5.07. The summed E-state index contributed by atoms with van der Waals surface area (Å²) in [7, 11) is 0. The van der Waals surface area contributed by atoms with Gasteiger partial charge in [-0.3, -0.25) is 4.79 Å². The van der Waals surface area contributed by atoms with Gasteiger partial charge in [0.1, 0.15) is 11.4 Å². The molecule has 3 atom stereocenters. The molecule has 148 valence electrons. The Labute approximate surface area is 159 Å². The van der Waals surface area contributed by atoms with Crippen LogP contribution in [0.2, 0.25) is 0 Å². The summed E-state index contributed by atoms with van der Waals surface area (Å²) in [5.74, 6) is -0.245. The van der Waals surface area contributed by atoms with Gasteiger partial charge in [0.15, 0.2) is 12.4 Å². The number of morpholine rings is 1. The SMILES string of the molecule is O=C(Cc1ccc([C@H]2O[C@@H]3CN[C@H]2C3)cc1)c1ccc(OCC(F)(F)F)cn1. The molecule has 2 aliphatic heterocycles. The molecule has 2 fully saturated rings. The third-order valence-corrected chi connectivity index (χ3v) is 4.93. The minimum absolute atomic E-state index is 0.0299. The molecule has 0 amide bonds. The summed E-state index contributed by atoms with van der Waals surface area (Å²) >= 11 is 0. The van der Waals surface area contributed by atoms with E-state index in [9.17, 15) is 18.0 Å². The van der Waals surface area contributed by atoms with Gasteiger partial charge in [-0.05, 0) is 29.7 Å². The summed E-state index contributed by atoms with van der Waals surface area (Å²) in [6.07, 6.45) is -1.77. The van der Waals surface area contributed by atoms with Crippen LogP contribution in [-0.2, 0) is 11.2 Å². The van der Waals surface area contributed by atoms with Gasteiger partial charge in [-0.1, -0.05) is 24.3 Å². The number of ketones is 1. The van der Waals surface area contributed by atoms with E-state index in [2.05, 4.69) is 15.0 Å². The number of aromatic nitrogens is 1. The molecule has 4 rings (SSSR count). The van der Waals surface area contributed by atoms with Crippen molar-refractivity contribution in [3.8, 4) is 5.75 Å². The smallest absolute Gasteiger partial charge is 0.422 e.